The van der Waals surface area contributed by atoms with Gasteiger partial charge in [-0.2, -0.15) is 0 Å². The van der Waals surface area contributed by atoms with Crippen LogP contribution in [0.2, 0.25) is 0 Å². The number of piperidine rings is 1. The van der Waals surface area contributed by atoms with Gasteiger partial charge in [0.25, 0.3) is 0 Å². The predicted molar refractivity (Wildman–Crippen MR) is 70.0 cm³/mol. The Kier molecular flexibility index (Phi) is 4.44. The molecule has 2 heterocycles. The lowest BCUT2D eigenvalue weighted by molar-refractivity contribution is 0.115. The average molecular weight is 260 g/mol. The molecule has 0 N–H and O–H groups in total. The lowest BCUT2D eigenvalue weighted by atomic mass is 10.0. The molecule has 2 fully saturated rings. The van der Waals surface area contributed by atoms with Crippen LogP contribution in [0.4, 0.5) is 0 Å². The number of hydrogen-bond donors (Lipinski definition) is 0. The van der Waals surface area contributed by atoms with Gasteiger partial charge in [-0.1, -0.05) is 6.92 Å². The summed E-state index contributed by atoms with van der Waals surface area (Å²) in [6.07, 6.45) is 3.65. The van der Waals surface area contributed by atoms with Crippen molar-refractivity contribution in [3.63, 3.8) is 0 Å². The smallest absolute Gasteiger partial charge is 0.152 e. The highest BCUT2D eigenvalue weighted by atomic mass is 32.2. The average Bonchev–Trinajstić information content (AvgIpc) is 2.31. The maximum Gasteiger partial charge on any atom is 0.152 e. The first kappa shape index (κ1) is 13.3. The fourth-order valence-corrected chi connectivity index (χ4v) is 4.15. The van der Waals surface area contributed by atoms with Crippen LogP contribution in [-0.4, -0.2) is 68.5 Å². The molecule has 2 rings (SSSR count). The molecule has 2 aliphatic rings. The molecule has 0 saturated carbocycles. The van der Waals surface area contributed by atoms with E-state index in [1.807, 2.05) is 0 Å². The zero-order valence-electron chi connectivity index (χ0n) is 10.8. The van der Waals surface area contributed by atoms with E-state index in [0.717, 1.165) is 13.1 Å². The summed E-state index contributed by atoms with van der Waals surface area (Å²) in [6.45, 7) is 7.30. The largest absolute Gasteiger partial charge is 0.303 e. The molecular weight excluding hydrogens is 236 g/mol. The Morgan fingerprint density at radius 2 is 1.65 bits per heavy atom. The molecule has 0 aromatic rings. The molecule has 0 aromatic carbocycles. The van der Waals surface area contributed by atoms with E-state index in [-0.39, 0.29) is 0 Å². The van der Waals surface area contributed by atoms with Crippen LogP contribution in [0.1, 0.15) is 26.2 Å². The number of likely N-dealkylation sites (tertiary alicyclic amines) is 1. The third-order valence-corrected chi connectivity index (χ3v) is 5.60. The van der Waals surface area contributed by atoms with Gasteiger partial charge in [-0.15, -0.1) is 0 Å². The topological polar surface area (TPSA) is 40.6 Å². The van der Waals surface area contributed by atoms with Gasteiger partial charge in [-0.05, 0) is 38.9 Å². The molecule has 100 valence electrons. The van der Waals surface area contributed by atoms with E-state index >= 15 is 0 Å². The van der Waals surface area contributed by atoms with E-state index in [1.165, 1.54) is 38.9 Å². The minimum atomic E-state index is -2.73. The number of nitrogens with zero attached hydrogens (tertiary/aromatic N) is 2. The van der Waals surface area contributed by atoms with Crippen molar-refractivity contribution in [3.8, 4) is 0 Å². The van der Waals surface area contributed by atoms with Crippen molar-refractivity contribution < 1.29 is 8.42 Å². The first-order valence-corrected chi connectivity index (χ1v) is 8.59. The quantitative estimate of drug-likeness (QED) is 0.745. The Hall–Kier alpha value is -0.130. The van der Waals surface area contributed by atoms with Gasteiger partial charge in [0.2, 0.25) is 0 Å². The summed E-state index contributed by atoms with van der Waals surface area (Å²) in [7, 11) is -2.73. The third-order valence-electron chi connectivity index (χ3n) is 3.99. The van der Waals surface area contributed by atoms with E-state index in [9.17, 15) is 8.42 Å². The standard InChI is InChI=1S/C12H24N2O2S/c1-2-5-13-6-3-12(4-7-13)14-8-10-17(15,16)11-9-14/h12H,2-11H2,1H3. The SMILES string of the molecule is CCCN1CCC(N2CCS(=O)(=O)CC2)CC1. The zero-order chi connectivity index (χ0) is 12.3. The van der Waals surface area contributed by atoms with Crippen molar-refractivity contribution in [1.29, 1.82) is 0 Å². The Morgan fingerprint density at radius 1 is 1.06 bits per heavy atom. The van der Waals surface area contributed by atoms with E-state index in [2.05, 4.69) is 16.7 Å². The molecule has 5 heteroatoms. The summed E-state index contributed by atoms with van der Waals surface area (Å²) >= 11 is 0. The number of hydrogen-bond acceptors (Lipinski definition) is 4. The van der Waals surface area contributed by atoms with E-state index < -0.39 is 9.84 Å². The van der Waals surface area contributed by atoms with Crippen molar-refractivity contribution in [2.45, 2.75) is 32.2 Å². The van der Waals surface area contributed by atoms with Gasteiger partial charge in [-0.3, -0.25) is 4.90 Å². The van der Waals surface area contributed by atoms with Crippen LogP contribution in [0.5, 0.6) is 0 Å². The minimum absolute atomic E-state index is 0.363. The molecule has 0 aliphatic carbocycles. The van der Waals surface area contributed by atoms with Gasteiger partial charge >= 0.3 is 0 Å². The van der Waals surface area contributed by atoms with Crippen molar-refractivity contribution >= 4 is 9.84 Å². The van der Waals surface area contributed by atoms with Gasteiger partial charge in [0.15, 0.2) is 9.84 Å². The zero-order valence-corrected chi connectivity index (χ0v) is 11.6. The molecular formula is C12H24N2O2S. The Morgan fingerprint density at radius 3 is 2.18 bits per heavy atom. The fourth-order valence-electron chi connectivity index (χ4n) is 2.92. The first-order valence-electron chi connectivity index (χ1n) is 6.77. The second kappa shape index (κ2) is 5.67. The van der Waals surface area contributed by atoms with E-state index in [1.54, 1.807) is 0 Å². The van der Waals surface area contributed by atoms with Crippen LogP contribution in [0.3, 0.4) is 0 Å². The van der Waals surface area contributed by atoms with E-state index in [4.69, 9.17) is 0 Å². The molecule has 0 atom stereocenters. The van der Waals surface area contributed by atoms with Crippen LogP contribution < -0.4 is 0 Å². The summed E-state index contributed by atoms with van der Waals surface area (Å²) < 4.78 is 22.8. The monoisotopic (exact) mass is 260 g/mol. The van der Waals surface area contributed by atoms with Crippen LogP contribution >= 0.6 is 0 Å². The lowest BCUT2D eigenvalue weighted by Crippen LogP contribution is -2.50. The second-order valence-corrected chi connectivity index (χ2v) is 7.56. The molecule has 0 radical (unpaired) electrons. The maximum atomic E-state index is 11.4. The van der Waals surface area contributed by atoms with Crippen molar-refractivity contribution in [2.24, 2.45) is 0 Å². The molecule has 0 spiro atoms. The molecule has 4 nitrogen and oxygen atoms in total. The summed E-state index contributed by atoms with van der Waals surface area (Å²) in [4.78, 5) is 4.92. The fraction of sp³-hybridized carbons (Fsp3) is 1.00. The van der Waals surface area contributed by atoms with Gasteiger partial charge in [0.05, 0.1) is 11.5 Å². The molecule has 0 aromatic heterocycles. The molecule has 0 amide bonds. The molecule has 2 aliphatic heterocycles. The number of rotatable bonds is 3. The van der Waals surface area contributed by atoms with Crippen LogP contribution in [0.15, 0.2) is 0 Å². The Balaban J connectivity index is 1.78. The molecule has 0 unspecified atom stereocenters. The van der Waals surface area contributed by atoms with Crippen LogP contribution in [0.25, 0.3) is 0 Å². The summed E-state index contributed by atoms with van der Waals surface area (Å²) in [5, 5.41) is 0. The summed E-state index contributed by atoms with van der Waals surface area (Å²) in [6, 6.07) is 0.624. The first-order chi connectivity index (χ1) is 8.11. The Bertz CT molecular complexity index is 320. The maximum absolute atomic E-state index is 11.4. The van der Waals surface area contributed by atoms with Crippen molar-refractivity contribution in [3.05, 3.63) is 0 Å². The molecule has 0 bridgehead atoms. The molecule has 17 heavy (non-hydrogen) atoms. The van der Waals surface area contributed by atoms with Crippen LogP contribution in [-0.2, 0) is 9.84 Å². The third kappa shape index (κ3) is 3.66. The lowest BCUT2D eigenvalue weighted by Gasteiger charge is -2.40. The van der Waals surface area contributed by atoms with Gasteiger partial charge in [0, 0.05) is 19.1 Å². The predicted octanol–water partition coefficient (Wildman–Crippen LogP) is 0.591. The van der Waals surface area contributed by atoms with Gasteiger partial charge in [-0.25, -0.2) is 8.42 Å². The van der Waals surface area contributed by atoms with Crippen LogP contribution in [0, 0.1) is 0 Å². The minimum Gasteiger partial charge on any atom is -0.303 e. The normalized spacial score (nSPS) is 28.3. The summed E-state index contributed by atoms with van der Waals surface area (Å²) in [5.41, 5.74) is 0. The van der Waals surface area contributed by atoms with Gasteiger partial charge in [0.1, 0.15) is 0 Å². The van der Waals surface area contributed by atoms with Crippen molar-refractivity contribution in [1.82, 2.24) is 9.80 Å². The van der Waals surface area contributed by atoms with Gasteiger partial charge < -0.3 is 4.90 Å². The summed E-state index contributed by atoms with van der Waals surface area (Å²) in [5.74, 6) is 0.727. The highest BCUT2D eigenvalue weighted by Crippen LogP contribution is 2.18. The van der Waals surface area contributed by atoms with E-state index in [0.29, 0.717) is 17.5 Å². The highest BCUT2D eigenvalue weighted by Gasteiger charge is 2.29. The molecule has 2 saturated heterocycles. The second-order valence-electron chi connectivity index (χ2n) is 5.26. The Labute approximate surface area is 105 Å². The van der Waals surface area contributed by atoms with Crippen molar-refractivity contribution in [2.75, 3.05) is 44.2 Å². The highest BCUT2D eigenvalue weighted by molar-refractivity contribution is 7.91. The number of sulfone groups is 1.